The Morgan fingerprint density at radius 2 is 1.59 bits per heavy atom. The highest BCUT2D eigenvalue weighted by molar-refractivity contribution is 6.25. The molecule has 0 atom stereocenters. The van der Waals surface area contributed by atoms with E-state index in [2.05, 4.69) is 5.32 Å². The second-order valence-electron chi connectivity index (χ2n) is 6.65. The van der Waals surface area contributed by atoms with Gasteiger partial charge in [0.25, 0.3) is 0 Å². The summed E-state index contributed by atoms with van der Waals surface area (Å²) in [6.45, 7) is 0.541. The number of rotatable bonds is 5. The first-order chi connectivity index (χ1) is 14.1. The van der Waals surface area contributed by atoms with Crippen molar-refractivity contribution in [1.82, 2.24) is 10.2 Å². The van der Waals surface area contributed by atoms with Gasteiger partial charge in [-0.15, -0.1) is 0 Å². The quantitative estimate of drug-likeness (QED) is 0.720. The fraction of sp³-hybridized carbons (Fsp3) is 0.0870. The second-order valence-corrected chi connectivity index (χ2v) is 6.65. The fourth-order valence-electron chi connectivity index (χ4n) is 3.20. The first kappa shape index (κ1) is 18.4. The first-order valence-corrected chi connectivity index (χ1v) is 9.14. The Balaban J connectivity index is 1.56. The summed E-state index contributed by atoms with van der Waals surface area (Å²) >= 11 is 0. The maximum Gasteiger partial charge on any atom is 0.322 e. The molecule has 0 bridgehead atoms. The number of furan rings is 1. The van der Waals surface area contributed by atoms with Crippen LogP contribution in [0.5, 0.6) is 0 Å². The Kier molecular flexibility index (Phi) is 5.07. The number of allylic oxidation sites excluding steroid dienone is 2. The van der Waals surface area contributed by atoms with Crippen molar-refractivity contribution in [1.29, 1.82) is 0 Å². The zero-order valence-corrected chi connectivity index (χ0v) is 15.5. The maximum atomic E-state index is 13.0. The molecule has 144 valence electrons. The number of hydrogen-bond acceptors (Lipinski definition) is 4. The lowest BCUT2D eigenvalue weighted by atomic mass is 9.93. The van der Waals surface area contributed by atoms with Gasteiger partial charge in [-0.05, 0) is 17.7 Å². The van der Waals surface area contributed by atoms with Gasteiger partial charge in [0.15, 0.2) is 5.78 Å². The summed E-state index contributed by atoms with van der Waals surface area (Å²) in [6, 6.07) is 19.1. The summed E-state index contributed by atoms with van der Waals surface area (Å²) in [5.74, 6) is -0.0798. The molecule has 0 unspecified atom stereocenters. The minimum Gasteiger partial charge on any atom is -0.467 e. The van der Waals surface area contributed by atoms with E-state index < -0.39 is 6.03 Å². The molecule has 1 aromatic heterocycles. The van der Waals surface area contributed by atoms with Gasteiger partial charge in [-0.1, -0.05) is 54.6 Å². The smallest absolute Gasteiger partial charge is 0.322 e. The van der Waals surface area contributed by atoms with Crippen LogP contribution in [0.1, 0.15) is 32.0 Å². The average molecular weight is 386 g/mol. The summed E-state index contributed by atoms with van der Waals surface area (Å²) in [5.41, 5.74) is 1.53. The minimum atomic E-state index is -0.489. The minimum absolute atomic E-state index is 0.0313. The molecule has 1 aliphatic carbocycles. The monoisotopic (exact) mass is 386 g/mol. The summed E-state index contributed by atoms with van der Waals surface area (Å²) in [7, 11) is 0. The second kappa shape index (κ2) is 7.98. The van der Waals surface area contributed by atoms with Crippen LogP contribution in [-0.2, 0) is 13.1 Å². The Morgan fingerprint density at radius 3 is 2.31 bits per heavy atom. The van der Waals surface area contributed by atoms with Gasteiger partial charge in [-0.25, -0.2) is 4.79 Å². The largest absolute Gasteiger partial charge is 0.467 e. The number of benzene rings is 2. The fourth-order valence-corrected chi connectivity index (χ4v) is 3.20. The lowest BCUT2D eigenvalue weighted by Gasteiger charge is -2.24. The number of carbonyl (C=O) groups excluding carboxylic acids is 3. The number of Topliss-reactive ketones (excluding diaryl/α,β-unsaturated/α-hetero) is 1. The molecule has 1 heterocycles. The third-order valence-electron chi connectivity index (χ3n) is 4.63. The molecule has 4 rings (SSSR count). The van der Waals surface area contributed by atoms with E-state index in [0.29, 0.717) is 17.9 Å². The summed E-state index contributed by atoms with van der Waals surface area (Å²) in [5, 5.41) is 2.61. The van der Waals surface area contributed by atoms with Crippen LogP contribution in [0.25, 0.3) is 0 Å². The van der Waals surface area contributed by atoms with Crippen LogP contribution >= 0.6 is 0 Å². The van der Waals surface area contributed by atoms with Crippen molar-refractivity contribution in [3.63, 3.8) is 0 Å². The molecule has 6 nitrogen and oxygen atoms in total. The van der Waals surface area contributed by atoms with Crippen molar-refractivity contribution < 1.29 is 18.8 Å². The molecule has 3 aromatic rings. The number of amides is 2. The summed E-state index contributed by atoms with van der Waals surface area (Å²) in [4.78, 5) is 39.6. The molecule has 0 radical (unpaired) electrons. The maximum absolute atomic E-state index is 13.0. The van der Waals surface area contributed by atoms with Crippen molar-refractivity contribution in [2.75, 3.05) is 0 Å². The molecule has 0 spiro atoms. The number of urea groups is 1. The van der Waals surface area contributed by atoms with Crippen LogP contribution in [0.15, 0.2) is 89.2 Å². The predicted molar refractivity (Wildman–Crippen MR) is 106 cm³/mol. The molecule has 0 aliphatic heterocycles. The van der Waals surface area contributed by atoms with E-state index in [0.717, 1.165) is 5.56 Å². The van der Waals surface area contributed by atoms with Gasteiger partial charge in [0.05, 0.1) is 18.5 Å². The molecule has 2 amide bonds. The Hall–Kier alpha value is -3.93. The molecule has 1 aliphatic rings. The van der Waals surface area contributed by atoms with Crippen molar-refractivity contribution in [3.8, 4) is 0 Å². The normalized spacial score (nSPS) is 12.9. The number of nitrogens with one attached hydrogen (secondary N) is 1. The number of hydrogen-bond donors (Lipinski definition) is 1. The average Bonchev–Trinajstić information content (AvgIpc) is 3.25. The summed E-state index contributed by atoms with van der Waals surface area (Å²) in [6.07, 6.45) is 2.72. The van der Waals surface area contributed by atoms with E-state index >= 15 is 0 Å². The lowest BCUT2D eigenvalue weighted by Crippen LogP contribution is -2.41. The molecule has 0 saturated carbocycles. The number of nitrogens with zero attached hydrogens (tertiary/aromatic N) is 1. The van der Waals surface area contributed by atoms with Crippen LogP contribution in [0.4, 0.5) is 4.79 Å². The van der Waals surface area contributed by atoms with E-state index in [9.17, 15) is 14.4 Å². The lowest BCUT2D eigenvalue weighted by molar-refractivity contribution is 0.0977. The highest BCUT2D eigenvalue weighted by Crippen LogP contribution is 2.20. The topological polar surface area (TPSA) is 79.6 Å². The van der Waals surface area contributed by atoms with Gasteiger partial charge in [0, 0.05) is 23.7 Å². The first-order valence-electron chi connectivity index (χ1n) is 9.14. The molecule has 0 saturated heterocycles. The predicted octanol–water partition coefficient (Wildman–Crippen LogP) is 3.95. The van der Waals surface area contributed by atoms with Crippen molar-refractivity contribution in [2.45, 2.75) is 13.1 Å². The van der Waals surface area contributed by atoms with Crippen molar-refractivity contribution in [3.05, 3.63) is 107 Å². The van der Waals surface area contributed by atoms with Gasteiger partial charge in [0.2, 0.25) is 5.78 Å². The number of carbonyl (C=O) groups is 3. The third kappa shape index (κ3) is 4.01. The van der Waals surface area contributed by atoms with E-state index in [1.54, 1.807) is 36.4 Å². The standard InChI is InChI=1S/C23H18N2O4/c26-21-13-20(22(27)19-11-5-4-10-18(19)21)24-23(28)25(15-17-9-6-12-29-17)14-16-7-2-1-3-8-16/h1-13H,14-15H2,(H,24,28). The van der Waals surface area contributed by atoms with E-state index in [1.165, 1.54) is 17.2 Å². The van der Waals surface area contributed by atoms with Crippen LogP contribution < -0.4 is 5.32 Å². The van der Waals surface area contributed by atoms with E-state index in [-0.39, 0.29) is 29.4 Å². The van der Waals surface area contributed by atoms with Gasteiger partial charge in [-0.3, -0.25) is 9.59 Å². The van der Waals surface area contributed by atoms with E-state index in [1.807, 2.05) is 30.3 Å². The van der Waals surface area contributed by atoms with Crippen LogP contribution in [-0.4, -0.2) is 22.5 Å². The van der Waals surface area contributed by atoms with Gasteiger partial charge in [-0.2, -0.15) is 0 Å². The van der Waals surface area contributed by atoms with E-state index in [4.69, 9.17) is 4.42 Å². The molecular formula is C23H18N2O4. The molecule has 2 aromatic carbocycles. The number of fused-ring (bicyclic) bond motifs is 1. The molecule has 6 heteroatoms. The van der Waals surface area contributed by atoms with Crippen molar-refractivity contribution in [2.24, 2.45) is 0 Å². The van der Waals surface area contributed by atoms with Crippen LogP contribution in [0.2, 0.25) is 0 Å². The molecular weight excluding hydrogens is 368 g/mol. The van der Waals surface area contributed by atoms with Crippen molar-refractivity contribution >= 4 is 17.6 Å². The highest BCUT2D eigenvalue weighted by atomic mass is 16.3. The summed E-state index contributed by atoms with van der Waals surface area (Å²) < 4.78 is 5.37. The SMILES string of the molecule is O=C1C=C(NC(=O)N(Cc2ccccc2)Cc2ccco2)C(=O)c2ccccc21. The molecule has 29 heavy (non-hydrogen) atoms. The Morgan fingerprint density at radius 1 is 0.862 bits per heavy atom. The molecule has 0 fully saturated rings. The Bertz CT molecular complexity index is 1090. The van der Waals surface area contributed by atoms with Gasteiger partial charge >= 0.3 is 6.03 Å². The van der Waals surface area contributed by atoms with Crippen LogP contribution in [0.3, 0.4) is 0 Å². The van der Waals surface area contributed by atoms with Crippen LogP contribution in [0, 0.1) is 0 Å². The third-order valence-corrected chi connectivity index (χ3v) is 4.63. The molecule has 1 N–H and O–H groups in total. The van der Waals surface area contributed by atoms with Gasteiger partial charge in [0.1, 0.15) is 5.76 Å². The zero-order valence-electron chi connectivity index (χ0n) is 15.5. The number of ketones is 2. The van der Waals surface area contributed by atoms with Gasteiger partial charge < -0.3 is 14.6 Å². The highest BCUT2D eigenvalue weighted by Gasteiger charge is 2.27. The Labute approximate surface area is 167 Å². The zero-order chi connectivity index (χ0) is 20.2.